The predicted octanol–water partition coefficient (Wildman–Crippen LogP) is 4.94. The number of carbonyl (C=O) groups is 3. The third kappa shape index (κ3) is 4.54. The van der Waals surface area contributed by atoms with E-state index in [9.17, 15) is 32.3 Å². The fourth-order valence-corrected chi connectivity index (χ4v) is 7.60. The van der Waals surface area contributed by atoms with Crippen LogP contribution >= 0.6 is 34.7 Å². The van der Waals surface area contributed by atoms with Gasteiger partial charge in [0.15, 0.2) is 0 Å². The summed E-state index contributed by atoms with van der Waals surface area (Å²) in [6.45, 7) is 1.37. The highest BCUT2D eigenvalue weighted by Gasteiger charge is 2.57. The van der Waals surface area contributed by atoms with Gasteiger partial charge in [-0.1, -0.05) is 52.9 Å². The van der Waals surface area contributed by atoms with E-state index in [1.165, 1.54) is 10.6 Å². The molecule has 0 aliphatic carbocycles. The van der Waals surface area contributed by atoms with Gasteiger partial charge in [-0.25, -0.2) is 4.90 Å². The summed E-state index contributed by atoms with van der Waals surface area (Å²) in [6, 6.07) is 10.6. The molecule has 1 saturated heterocycles. The number of anilines is 1. The molecule has 0 saturated carbocycles. The number of nitrogens with zero attached hydrogens (tertiary/aromatic N) is 2. The molecule has 3 heterocycles. The molecule has 2 aliphatic heterocycles. The highest BCUT2D eigenvalue weighted by molar-refractivity contribution is 8.00. The van der Waals surface area contributed by atoms with Gasteiger partial charge in [0.2, 0.25) is 11.8 Å². The number of imide groups is 1. The number of thiazole rings is 1. The number of ether oxygens (including phenoxy) is 1. The summed E-state index contributed by atoms with van der Waals surface area (Å²) in [6.07, 6.45) is -4.66. The molecule has 38 heavy (non-hydrogen) atoms. The molecule has 1 aromatic heterocycles. The summed E-state index contributed by atoms with van der Waals surface area (Å²) in [7, 11) is 0. The van der Waals surface area contributed by atoms with Gasteiger partial charge in [-0.3, -0.25) is 23.7 Å². The lowest BCUT2D eigenvalue weighted by atomic mass is 9.83. The molecular formula is C25H18ClF3N2O5S2. The van der Waals surface area contributed by atoms with Crippen molar-refractivity contribution in [2.24, 2.45) is 5.92 Å². The lowest BCUT2D eigenvalue weighted by molar-refractivity contribution is -0.144. The van der Waals surface area contributed by atoms with E-state index in [4.69, 9.17) is 16.3 Å². The Morgan fingerprint density at radius 2 is 1.79 bits per heavy atom. The lowest BCUT2D eigenvalue weighted by Crippen LogP contribution is -2.32. The number of carbonyl (C=O) groups excluding carboxylic acids is 3. The first kappa shape index (κ1) is 26.5. The average molecular weight is 583 g/mol. The fourth-order valence-electron chi connectivity index (χ4n) is 4.70. The minimum atomic E-state index is -4.66. The van der Waals surface area contributed by atoms with Gasteiger partial charge in [0, 0.05) is 15.8 Å². The van der Waals surface area contributed by atoms with Crippen molar-refractivity contribution in [1.29, 1.82) is 0 Å². The van der Waals surface area contributed by atoms with E-state index in [1.54, 1.807) is 31.2 Å². The van der Waals surface area contributed by atoms with Gasteiger partial charge in [0.1, 0.15) is 11.8 Å². The van der Waals surface area contributed by atoms with Gasteiger partial charge >= 0.3 is 17.0 Å². The normalized spacial score (nSPS) is 20.9. The molecule has 2 aromatic carbocycles. The van der Waals surface area contributed by atoms with Crippen LogP contribution in [-0.2, 0) is 31.8 Å². The molecule has 0 bridgehead atoms. The third-order valence-electron chi connectivity index (χ3n) is 6.30. The van der Waals surface area contributed by atoms with Crippen LogP contribution in [0.3, 0.4) is 0 Å². The summed E-state index contributed by atoms with van der Waals surface area (Å²) in [5.41, 5.74) is -0.579. The third-order valence-corrected chi connectivity index (χ3v) is 9.16. The number of hydrogen-bond acceptors (Lipinski definition) is 7. The zero-order valence-corrected chi connectivity index (χ0v) is 21.9. The molecule has 2 amide bonds. The van der Waals surface area contributed by atoms with Gasteiger partial charge in [0.05, 0.1) is 28.8 Å². The number of aromatic nitrogens is 1. The second-order valence-corrected chi connectivity index (χ2v) is 11.1. The van der Waals surface area contributed by atoms with Gasteiger partial charge < -0.3 is 4.74 Å². The first-order valence-corrected chi connectivity index (χ1v) is 13.4. The van der Waals surface area contributed by atoms with Gasteiger partial charge in [-0.2, -0.15) is 13.2 Å². The molecule has 5 rings (SSSR count). The molecule has 198 valence electrons. The highest BCUT2D eigenvalue weighted by Crippen LogP contribution is 2.54. The topological polar surface area (TPSA) is 85.7 Å². The molecule has 0 spiro atoms. The van der Waals surface area contributed by atoms with E-state index >= 15 is 0 Å². The van der Waals surface area contributed by atoms with Crippen LogP contribution in [0.2, 0.25) is 5.02 Å². The van der Waals surface area contributed by atoms with Crippen molar-refractivity contribution in [3.05, 3.63) is 79.2 Å². The Bertz CT molecular complexity index is 1500. The van der Waals surface area contributed by atoms with Gasteiger partial charge in [-0.05, 0) is 42.8 Å². The summed E-state index contributed by atoms with van der Waals surface area (Å²) < 4.78 is 46.3. The van der Waals surface area contributed by atoms with E-state index in [1.807, 2.05) is 0 Å². The van der Waals surface area contributed by atoms with Crippen LogP contribution in [0.25, 0.3) is 0 Å². The first-order chi connectivity index (χ1) is 18.0. The van der Waals surface area contributed by atoms with Crippen molar-refractivity contribution < 1.29 is 32.3 Å². The van der Waals surface area contributed by atoms with Crippen LogP contribution < -0.4 is 9.77 Å². The number of fused-ring (bicyclic) bond motifs is 2. The lowest BCUT2D eigenvalue weighted by Gasteiger charge is -2.30. The second kappa shape index (κ2) is 9.90. The van der Waals surface area contributed by atoms with Gasteiger partial charge in [0.25, 0.3) is 0 Å². The first-order valence-electron chi connectivity index (χ1n) is 11.4. The maximum absolute atomic E-state index is 13.8. The van der Waals surface area contributed by atoms with Crippen LogP contribution in [0.1, 0.15) is 28.8 Å². The molecule has 2 unspecified atom stereocenters. The monoisotopic (exact) mass is 582 g/mol. The summed E-state index contributed by atoms with van der Waals surface area (Å²) >= 11 is 7.87. The zero-order chi connectivity index (χ0) is 27.4. The van der Waals surface area contributed by atoms with E-state index in [0.29, 0.717) is 20.5 Å². The molecule has 13 heteroatoms. The van der Waals surface area contributed by atoms with Crippen LogP contribution in [0.15, 0.2) is 58.4 Å². The molecule has 0 radical (unpaired) electrons. The van der Waals surface area contributed by atoms with Crippen LogP contribution in [-0.4, -0.2) is 34.2 Å². The number of esters is 1. The fraction of sp³-hybridized carbons (Fsp3) is 0.280. The van der Waals surface area contributed by atoms with Crippen molar-refractivity contribution in [3.63, 3.8) is 0 Å². The standard InChI is InChI=1S/C25H18ClF3N2O5S2/c1-2-36-16(32)11-30-23-20(38-24(30)35)17(12-6-8-14(26)9-7-12)18-19(37-23)22(34)31(21(18)33)15-5-3-4-13(10-15)25(27,28)29/h3-10,17-19H,2,11H2,1H3/t17-,18?,19?/m1/s1. The smallest absolute Gasteiger partial charge is 0.416 e. The van der Waals surface area contributed by atoms with Crippen LogP contribution in [0, 0.1) is 5.92 Å². The van der Waals surface area contributed by atoms with Crippen molar-refractivity contribution in [3.8, 4) is 0 Å². The number of halogens is 4. The molecule has 0 N–H and O–H groups in total. The molecule has 1 fully saturated rings. The summed E-state index contributed by atoms with van der Waals surface area (Å²) in [5, 5.41) is -0.253. The molecule has 2 aliphatic rings. The minimum absolute atomic E-state index is 0.115. The van der Waals surface area contributed by atoms with Gasteiger partial charge in [-0.15, -0.1) is 0 Å². The Morgan fingerprint density at radius 3 is 2.45 bits per heavy atom. The highest BCUT2D eigenvalue weighted by atomic mass is 35.5. The Balaban J connectivity index is 1.63. The summed E-state index contributed by atoms with van der Waals surface area (Å²) in [4.78, 5) is 53.3. The number of thioether (sulfide) groups is 1. The molecule has 7 nitrogen and oxygen atoms in total. The maximum atomic E-state index is 13.8. The SMILES string of the molecule is CCOC(=O)Cn1c2c(sc1=O)[C@H](c1ccc(Cl)cc1)C1C(=O)N(c3cccc(C(F)(F)F)c3)C(=O)C1S2. The molecule has 3 aromatic rings. The number of hydrogen-bond donors (Lipinski definition) is 0. The maximum Gasteiger partial charge on any atom is 0.416 e. The van der Waals surface area contributed by atoms with Crippen molar-refractivity contribution in [1.82, 2.24) is 4.57 Å². The zero-order valence-electron chi connectivity index (χ0n) is 19.5. The largest absolute Gasteiger partial charge is 0.465 e. The van der Waals surface area contributed by atoms with Crippen molar-refractivity contribution >= 4 is 58.2 Å². The quantitative estimate of drug-likeness (QED) is 0.313. The summed E-state index contributed by atoms with van der Waals surface area (Å²) in [5.74, 6) is -3.77. The van der Waals surface area contributed by atoms with Crippen LogP contribution in [0.4, 0.5) is 18.9 Å². The number of amides is 2. The van der Waals surface area contributed by atoms with E-state index in [2.05, 4.69) is 0 Å². The minimum Gasteiger partial charge on any atom is -0.465 e. The number of alkyl halides is 3. The van der Waals surface area contributed by atoms with Crippen molar-refractivity contribution in [2.45, 2.75) is 35.8 Å². The molecule has 3 atom stereocenters. The number of rotatable bonds is 5. The predicted molar refractivity (Wildman–Crippen MR) is 136 cm³/mol. The van der Waals surface area contributed by atoms with Crippen LogP contribution in [0.5, 0.6) is 0 Å². The Kier molecular flexibility index (Phi) is 6.91. The van der Waals surface area contributed by atoms with E-state index in [-0.39, 0.29) is 18.8 Å². The molecular weight excluding hydrogens is 565 g/mol. The van der Waals surface area contributed by atoms with Crippen molar-refractivity contribution in [2.75, 3.05) is 11.5 Å². The van der Waals surface area contributed by atoms with E-state index < -0.39 is 51.5 Å². The Labute approximate surface area is 227 Å². The van der Waals surface area contributed by atoms with E-state index in [0.717, 1.165) is 46.2 Å². The number of benzene rings is 2. The Hall–Kier alpha value is -3.09. The second-order valence-electron chi connectivity index (χ2n) is 8.58. The average Bonchev–Trinajstić information content (AvgIpc) is 3.30. The Morgan fingerprint density at radius 1 is 1.08 bits per heavy atom.